The van der Waals surface area contributed by atoms with Crippen molar-refractivity contribution >= 4 is 29.0 Å². The molecule has 0 radical (unpaired) electrons. The van der Waals surface area contributed by atoms with Gasteiger partial charge >= 0.3 is 0 Å². The standard InChI is InChI=1S/C20H24FN5OS/c1-12(2)26-19(23-24-20(26)28)13-5-7-25(8-6-13)18(27)9-14-11-22-17-10-15(21)3-4-16(14)17/h3-4,10-13,22H,5-9H2,1-2H3,(H,24,28). The zero-order chi connectivity index (χ0) is 19.8. The first-order valence-electron chi connectivity index (χ1n) is 9.64. The number of nitrogens with one attached hydrogen (secondary N) is 2. The Hall–Kier alpha value is -2.48. The molecule has 0 saturated carbocycles. The molecule has 3 heterocycles. The summed E-state index contributed by atoms with van der Waals surface area (Å²) >= 11 is 5.35. The Morgan fingerprint density at radius 2 is 2.11 bits per heavy atom. The highest BCUT2D eigenvalue weighted by Gasteiger charge is 2.28. The van der Waals surface area contributed by atoms with Crippen LogP contribution in [0, 0.1) is 10.6 Å². The molecule has 0 bridgehead atoms. The number of H-pyrrole nitrogens is 2. The molecule has 1 aromatic carbocycles. The van der Waals surface area contributed by atoms with Crippen molar-refractivity contribution in [2.45, 2.75) is 45.1 Å². The Balaban J connectivity index is 1.42. The van der Waals surface area contributed by atoms with Crippen LogP contribution in [0.25, 0.3) is 10.9 Å². The number of benzene rings is 1. The number of hydrogen-bond donors (Lipinski definition) is 2. The summed E-state index contributed by atoms with van der Waals surface area (Å²) in [5.41, 5.74) is 1.63. The van der Waals surface area contributed by atoms with E-state index >= 15 is 0 Å². The highest BCUT2D eigenvalue weighted by atomic mass is 32.1. The van der Waals surface area contributed by atoms with Gasteiger partial charge in [0.25, 0.3) is 0 Å². The molecular weight excluding hydrogens is 377 g/mol. The van der Waals surface area contributed by atoms with Gasteiger partial charge in [-0.1, -0.05) is 0 Å². The first kappa shape index (κ1) is 18.9. The van der Waals surface area contributed by atoms with Crippen molar-refractivity contribution in [1.29, 1.82) is 0 Å². The molecule has 8 heteroatoms. The molecule has 1 saturated heterocycles. The van der Waals surface area contributed by atoms with Gasteiger partial charge in [-0.15, -0.1) is 0 Å². The van der Waals surface area contributed by atoms with Crippen molar-refractivity contribution in [3.05, 3.63) is 46.4 Å². The lowest BCUT2D eigenvalue weighted by atomic mass is 9.95. The summed E-state index contributed by atoms with van der Waals surface area (Å²) < 4.78 is 16.1. The van der Waals surface area contributed by atoms with E-state index in [0.29, 0.717) is 30.2 Å². The number of fused-ring (bicyclic) bond motifs is 1. The number of halogens is 1. The van der Waals surface area contributed by atoms with E-state index in [9.17, 15) is 9.18 Å². The second-order valence-corrected chi connectivity index (χ2v) is 8.07. The van der Waals surface area contributed by atoms with Crippen molar-refractivity contribution in [3.8, 4) is 0 Å². The lowest BCUT2D eigenvalue weighted by Crippen LogP contribution is -2.39. The van der Waals surface area contributed by atoms with Gasteiger partial charge < -0.3 is 14.5 Å². The quantitative estimate of drug-likeness (QED) is 0.647. The molecule has 0 unspecified atom stereocenters. The van der Waals surface area contributed by atoms with Crippen molar-refractivity contribution in [2.24, 2.45) is 0 Å². The predicted octanol–water partition coefficient (Wildman–Crippen LogP) is 4.09. The maximum atomic E-state index is 13.3. The molecular formula is C20H24FN5OS. The number of amides is 1. The van der Waals surface area contributed by atoms with Gasteiger partial charge in [0.05, 0.1) is 6.42 Å². The van der Waals surface area contributed by atoms with Crippen molar-refractivity contribution in [1.82, 2.24) is 24.6 Å². The second kappa shape index (κ2) is 7.50. The first-order chi connectivity index (χ1) is 13.4. The van der Waals surface area contributed by atoms with E-state index in [4.69, 9.17) is 12.2 Å². The minimum atomic E-state index is -0.284. The van der Waals surface area contributed by atoms with Crippen LogP contribution in [0.3, 0.4) is 0 Å². The third kappa shape index (κ3) is 3.48. The number of rotatable bonds is 4. The molecule has 148 valence electrons. The third-order valence-corrected chi connectivity index (χ3v) is 5.82. The van der Waals surface area contributed by atoms with Crippen LogP contribution in [0.5, 0.6) is 0 Å². The van der Waals surface area contributed by atoms with Crippen LogP contribution in [0.15, 0.2) is 24.4 Å². The minimum absolute atomic E-state index is 0.103. The van der Waals surface area contributed by atoms with Gasteiger partial charge in [-0.05, 0) is 62.7 Å². The van der Waals surface area contributed by atoms with Crippen LogP contribution < -0.4 is 0 Å². The predicted molar refractivity (Wildman–Crippen MR) is 108 cm³/mol. The molecule has 28 heavy (non-hydrogen) atoms. The molecule has 6 nitrogen and oxygen atoms in total. The zero-order valence-corrected chi connectivity index (χ0v) is 16.9. The molecule has 0 atom stereocenters. The average Bonchev–Trinajstić information content (AvgIpc) is 3.25. The van der Waals surface area contributed by atoms with Gasteiger partial charge in [-0.3, -0.25) is 9.89 Å². The Morgan fingerprint density at radius 1 is 1.36 bits per heavy atom. The number of hydrogen-bond acceptors (Lipinski definition) is 3. The third-order valence-electron chi connectivity index (χ3n) is 5.53. The first-order valence-corrected chi connectivity index (χ1v) is 10.0. The lowest BCUT2D eigenvalue weighted by molar-refractivity contribution is -0.131. The lowest BCUT2D eigenvalue weighted by Gasteiger charge is -2.32. The normalized spacial score (nSPS) is 15.6. The van der Waals surface area contributed by atoms with Gasteiger partial charge in [-0.25, -0.2) is 4.39 Å². The van der Waals surface area contributed by atoms with Gasteiger partial charge in [0, 0.05) is 42.1 Å². The summed E-state index contributed by atoms with van der Waals surface area (Å²) in [4.78, 5) is 17.8. The molecule has 1 amide bonds. The van der Waals surface area contributed by atoms with Crippen molar-refractivity contribution < 1.29 is 9.18 Å². The van der Waals surface area contributed by atoms with Crippen LogP contribution in [-0.4, -0.2) is 43.6 Å². The van der Waals surface area contributed by atoms with Gasteiger partial charge in [0.15, 0.2) is 4.77 Å². The maximum absolute atomic E-state index is 13.3. The second-order valence-electron chi connectivity index (χ2n) is 7.69. The van der Waals surface area contributed by atoms with E-state index < -0.39 is 0 Å². The van der Waals surface area contributed by atoms with Crippen LogP contribution in [0.2, 0.25) is 0 Å². The fraction of sp³-hybridized carbons (Fsp3) is 0.450. The zero-order valence-electron chi connectivity index (χ0n) is 16.0. The van der Waals surface area contributed by atoms with E-state index in [1.165, 1.54) is 12.1 Å². The monoisotopic (exact) mass is 401 g/mol. The summed E-state index contributed by atoms with van der Waals surface area (Å²) in [7, 11) is 0. The fourth-order valence-corrected chi connectivity index (χ4v) is 4.42. The Morgan fingerprint density at radius 3 is 2.82 bits per heavy atom. The van der Waals surface area contributed by atoms with Crippen LogP contribution in [0.1, 0.15) is 50.0 Å². The summed E-state index contributed by atoms with van der Waals surface area (Å²) in [6, 6.07) is 4.87. The highest BCUT2D eigenvalue weighted by Crippen LogP contribution is 2.29. The summed E-state index contributed by atoms with van der Waals surface area (Å²) in [5.74, 6) is 1.11. The molecule has 1 aliphatic heterocycles. The molecule has 2 N–H and O–H groups in total. The smallest absolute Gasteiger partial charge is 0.227 e. The van der Waals surface area contributed by atoms with Crippen molar-refractivity contribution in [3.63, 3.8) is 0 Å². The van der Waals surface area contributed by atoms with E-state index in [1.807, 2.05) is 4.90 Å². The SMILES string of the molecule is CC(C)n1c(C2CCN(C(=O)Cc3c[nH]c4cc(F)ccc34)CC2)n[nH]c1=S. The van der Waals surface area contributed by atoms with Crippen LogP contribution in [-0.2, 0) is 11.2 Å². The molecule has 1 aliphatic rings. The van der Waals surface area contributed by atoms with Gasteiger partial charge in [0.2, 0.25) is 5.91 Å². The van der Waals surface area contributed by atoms with E-state index in [-0.39, 0.29) is 17.8 Å². The molecule has 1 fully saturated rings. The molecule has 0 aliphatic carbocycles. The van der Waals surface area contributed by atoms with Crippen LogP contribution >= 0.6 is 12.2 Å². The topological polar surface area (TPSA) is 69.7 Å². The minimum Gasteiger partial charge on any atom is -0.361 e. The van der Waals surface area contributed by atoms with Crippen molar-refractivity contribution in [2.75, 3.05) is 13.1 Å². The maximum Gasteiger partial charge on any atom is 0.227 e. The Labute approximate surface area is 167 Å². The Kier molecular flexibility index (Phi) is 5.05. The average molecular weight is 402 g/mol. The summed E-state index contributed by atoms with van der Waals surface area (Å²) in [6.07, 6.45) is 3.87. The largest absolute Gasteiger partial charge is 0.361 e. The number of nitrogens with zero attached hydrogens (tertiary/aromatic N) is 3. The number of carbonyl (C=O) groups is 1. The summed E-state index contributed by atoms with van der Waals surface area (Å²) in [5, 5.41) is 8.25. The van der Waals surface area contributed by atoms with E-state index in [2.05, 4.69) is 33.6 Å². The number of piperidine rings is 1. The van der Waals surface area contributed by atoms with Gasteiger partial charge in [-0.2, -0.15) is 5.10 Å². The Bertz CT molecular complexity index is 1060. The van der Waals surface area contributed by atoms with Gasteiger partial charge in [0.1, 0.15) is 11.6 Å². The van der Waals surface area contributed by atoms with Crippen LogP contribution in [0.4, 0.5) is 4.39 Å². The molecule has 3 aromatic rings. The fourth-order valence-electron chi connectivity index (χ4n) is 4.07. The highest BCUT2D eigenvalue weighted by molar-refractivity contribution is 7.71. The number of aromatic nitrogens is 4. The molecule has 2 aromatic heterocycles. The van der Waals surface area contributed by atoms with E-state index in [1.54, 1.807) is 12.3 Å². The van der Waals surface area contributed by atoms with E-state index in [0.717, 1.165) is 35.1 Å². The number of carbonyl (C=O) groups excluding carboxylic acids is 1. The molecule has 0 spiro atoms. The molecule has 4 rings (SSSR count). The summed E-state index contributed by atoms with van der Waals surface area (Å²) in [6.45, 7) is 5.61. The number of likely N-dealkylation sites (tertiary alicyclic amines) is 1. The number of aromatic amines is 2.